The highest BCUT2D eigenvalue weighted by atomic mass is 16.5. The molecule has 0 bridgehead atoms. The van der Waals surface area contributed by atoms with Gasteiger partial charge in [0.15, 0.2) is 0 Å². The number of nitrogens with one attached hydrogen (secondary N) is 1. The van der Waals surface area contributed by atoms with Gasteiger partial charge in [0.2, 0.25) is 5.91 Å². The molecule has 2 aromatic carbocycles. The Hall–Kier alpha value is -3.22. The monoisotopic (exact) mass is 397 g/mol. The van der Waals surface area contributed by atoms with Crippen molar-refractivity contribution < 1.29 is 19.1 Å². The highest BCUT2D eigenvalue weighted by Gasteiger charge is 2.23. The van der Waals surface area contributed by atoms with Crippen molar-refractivity contribution in [3.8, 4) is 11.5 Å². The average Bonchev–Trinajstić information content (AvgIpc) is 2.78. The summed E-state index contributed by atoms with van der Waals surface area (Å²) in [5, 5.41) is 2.71. The van der Waals surface area contributed by atoms with E-state index in [9.17, 15) is 9.59 Å². The number of hydrogen-bond acceptors (Lipinski definition) is 5. The molecule has 0 aromatic heterocycles. The molecule has 0 spiro atoms. The molecule has 29 heavy (non-hydrogen) atoms. The van der Waals surface area contributed by atoms with Crippen LogP contribution in [0.4, 0.5) is 5.69 Å². The molecule has 3 rings (SSSR count). The lowest BCUT2D eigenvalue weighted by Crippen LogP contribution is -2.51. The molecule has 0 unspecified atom stereocenters. The van der Waals surface area contributed by atoms with Crippen LogP contribution in [-0.2, 0) is 4.79 Å². The van der Waals surface area contributed by atoms with Crippen LogP contribution in [0.5, 0.6) is 11.5 Å². The number of rotatable bonds is 7. The van der Waals surface area contributed by atoms with E-state index in [0.717, 1.165) is 11.4 Å². The number of anilines is 1. The van der Waals surface area contributed by atoms with Crippen molar-refractivity contribution in [1.29, 1.82) is 0 Å². The largest absolute Gasteiger partial charge is 0.495 e. The van der Waals surface area contributed by atoms with E-state index in [1.54, 1.807) is 30.2 Å². The van der Waals surface area contributed by atoms with E-state index in [1.807, 2.05) is 37.3 Å². The normalized spacial score (nSPS) is 13.7. The summed E-state index contributed by atoms with van der Waals surface area (Å²) in [6, 6.07) is 14.9. The van der Waals surface area contributed by atoms with Crippen molar-refractivity contribution >= 4 is 17.5 Å². The average molecular weight is 397 g/mol. The Bertz CT molecular complexity index is 847. The molecule has 1 aliphatic rings. The lowest BCUT2D eigenvalue weighted by molar-refractivity contribution is -0.130. The number of carbonyl (C=O) groups is 2. The second-order valence-electron chi connectivity index (χ2n) is 6.65. The van der Waals surface area contributed by atoms with E-state index in [0.29, 0.717) is 44.1 Å². The van der Waals surface area contributed by atoms with Gasteiger partial charge in [-0.05, 0) is 31.2 Å². The van der Waals surface area contributed by atoms with Gasteiger partial charge in [-0.1, -0.05) is 24.3 Å². The number of benzene rings is 2. The fourth-order valence-corrected chi connectivity index (χ4v) is 3.39. The van der Waals surface area contributed by atoms with Crippen LogP contribution in [0, 0.1) is 0 Å². The first-order valence-electron chi connectivity index (χ1n) is 9.79. The van der Waals surface area contributed by atoms with Crippen molar-refractivity contribution in [1.82, 2.24) is 10.2 Å². The Morgan fingerprint density at radius 2 is 1.62 bits per heavy atom. The van der Waals surface area contributed by atoms with Crippen LogP contribution in [-0.4, -0.2) is 63.2 Å². The third-order valence-corrected chi connectivity index (χ3v) is 4.89. The van der Waals surface area contributed by atoms with Crippen molar-refractivity contribution in [2.75, 3.05) is 51.3 Å². The maximum Gasteiger partial charge on any atom is 0.255 e. The topological polar surface area (TPSA) is 71.1 Å². The molecule has 7 nitrogen and oxygen atoms in total. The zero-order valence-electron chi connectivity index (χ0n) is 16.9. The van der Waals surface area contributed by atoms with Crippen LogP contribution >= 0.6 is 0 Å². The van der Waals surface area contributed by atoms with Gasteiger partial charge in [0.05, 0.1) is 31.5 Å². The van der Waals surface area contributed by atoms with Gasteiger partial charge in [-0.15, -0.1) is 0 Å². The van der Waals surface area contributed by atoms with Gasteiger partial charge in [0, 0.05) is 26.2 Å². The number of nitrogens with zero attached hydrogens (tertiary/aromatic N) is 2. The number of para-hydroxylation sites is 3. The van der Waals surface area contributed by atoms with E-state index in [1.165, 1.54) is 0 Å². The zero-order chi connectivity index (χ0) is 20.6. The van der Waals surface area contributed by atoms with Crippen molar-refractivity contribution in [3.63, 3.8) is 0 Å². The van der Waals surface area contributed by atoms with Gasteiger partial charge in [0.1, 0.15) is 11.5 Å². The molecule has 7 heteroatoms. The molecule has 0 radical (unpaired) electrons. The highest BCUT2D eigenvalue weighted by molar-refractivity contribution is 5.98. The third-order valence-electron chi connectivity index (χ3n) is 4.89. The summed E-state index contributed by atoms with van der Waals surface area (Å²) in [6.07, 6.45) is 0. The molecule has 0 saturated carbocycles. The SMILES string of the molecule is CCOc1ccccc1C(=O)NCC(=O)N1CCN(c2ccccc2OC)CC1. The van der Waals surface area contributed by atoms with Gasteiger partial charge in [-0.3, -0.25) is 9.59 Å². The summed E-state index contributed by atoms with van der Waals surface area (Å²) < 4.78 is 10.9. The summed E-state index contributed by atoms with van der Waals surface area (Å²) in [5.41, 5.74) is 1.46. The number of carbonyl (C=O) groups excluding carboxylic acids is 2. The van der Waals surface area contributed by atoms with E-state index < -0.39 is 0 Å². The number of methoxy groups -OCH3 is 1. The van der Waals surface area contributed by atoms with E-state index in [2.05, 4.69) is 10.2 Å². The smallest absolute Gasteiger partial charge is 0.255 e. The van der Waals surface area contributed by atoms with Crippen LogP contribution in [0.15, 0.2) is 48.5 Å². The van der Waals surface area contributed by atoms with Gasteiger partial charge >= 0.3 is 0 Å². The van der Waals surface area contributed by atoms with Gasteiger partial charge in [-0.25, -0.2) is 0 Å². The summed E-state index contributed by atoms with van der Waals surface area (Å²) in [4.78, 5) is 29.0. The Balaban J connectivity index is 1.52. The summed E-state index contributed by atoms with van der Waals surface area (Å²) in [7, 11) is 1.66. The molecule has 0 aliphatic carbocycles. The van der Waals surface area contributed by atoms with E-state index in [-0.39, 0.29) is 18.4 Å². The maximum atomic E-state index is 12.5. The summed E-state index contributed by atoms with van der Waals surface area (Å²) in [5.74, 6) is 0.944. The molecular weight excluding hydrogens is 370 g/mol. The van der Waals surface area contributed by atoms with Crippen LogP contribution in [0.1, 0.15) is 17.3 Å². The predicted molar refractivity (Wildman–Crippen MR) is 112 cm³/mol. The number of amides is 2. The first-order valence-corrected chi connectivity index (χ1v) is 9.79. The molecular formula is C22H27N3O4. The molecule has 1 aliphatic heterocycles. The van der Waals surface area contributed by atoms with Crippen LogP contribution in [0.2, 0.25) is 0 Å². The fraction of sp³-hybridized carbons (Fsp3) is 0.364. The van der Waals surface area contributed by atoms with Crippen molar-refractivity contribution in [2.24, 2.45) is 0 Å². The number of hydrogen-bond donors (Lipinski definition) is 1. The Morgan fingerprint density at radius 1 is 0.966 bits per heavy atom. The third kappa shape index (κ3) is 4.99. The summed E-state index contributed by atoms with van der Waals surface area (Å²) in [6.45, 7) is 4.93. The first kappa shape index (κ1) is 20.5. The van der Waals surface area contributed by atoms with Crippen LogP contribution in [0.25, 0.3) is 0 Å². The second-order valence-corrected chi connectivity index (χ2v) is 6.65. The van der Waals surface area contributed by atoms with Crippen LogP contribution in [0.3, 0.4) is 0 Å². The van der Waals surface area contributed by atoms with Gasteiger partial charge in [-0.2, -0.15) is 0 Å². The van der Waals surface area contributed by atoms with E-state index in [4.69, 9.17) is 9.47 Å². The van der Waals surface area contributed by atoms with Crippen LogP contribution < -0.4 is 19.7 Å². The lowest BCUT2D eigenvalue weighted by Gasteiger charge is -2.36. The minimum atomic E-state index is -0.310. The second kappa shape index (κ2) is 9.82. The Morgan fingerprint density at radius 3 is 2.31 bits per heavy atom. The fourth-order valence-electron chi connectivity index (χ4n) is 3.39. The molecule has 1 fully saturated rings. The molecule has 1 N–H and O–H groups in total. The molecule has 2 amide bonds. The molecule has 1 heterocycles. The maximum absolute atomic E-state index is 12.5. The minimum Gasteiger partial charge on any atom is -0.495 e. The zero-order valence-corrected chi connectivity index (χ0v) is 16.9. The first-order chi connectivity index (χ1) is 14.1. The summed E-state index contributed by atoms with van der Waals surface area (Å²) >= 11 is 0. The van der Waals surface area contributed by atoms with Crippen molar-refractivity contribution in [2.45, 2.75) is 6.92 Å². The van der Waals surface area contributed by atoms with Crippen molar-refractivity contribution in [3.05, 3.63) is 54.1 Å². The molecule has 0 atom stereocenters. The number of piperazine rings is 1. The lowest BCUT2D eigenvalue weighted by atomic mass is 10.2. The van der Waals surface area contributed by atoms with Gasteiger partial charge < -0.3 is 24.6 Å². The minimum absolute atomic E-state index is 0.0338. The molecule has 154 valence electrons. The molecule has 1 saturated heterocycles. The standard InChI is InChI=1S/C22H27N3O4/c1-3-29-19-10-6-4-8-17(19)22(27)23-16-21(26)25-14-12-24(13-15-25)18-9-5-7-11-20(18)28-2/h4-11H,3,12-16H2,1-2H3,(H,23,27). The number of ether oxygens (including phenoxy) is 2. The quantitative estimate of drug-likeness (QED) is 0.775. The van der Waals surface area contributed by atoms with Gasteiger partial charge in [0.25, 0.3) is 5.91 Å². The van der Waals surface area contributed by atoms with E-state index >= 15 is 0 Å². The molecule has 2 aromatic rings. The predicted octanol–water partition coefficient (Wildman–Crippen LogP) is 2.17. The Kier molecular flexibility index (Phi) is 6.94. The Labute approximate surface area is 171 Å². The highest BCUT2D eigenvalue weighted by Crippen LogP contribution is 2.28.